The first kappa shape index (κ1) is 19.4. The maximum absolute atomic E-state index is 13.4. The fourth-order valence-electron chi connectivity index (χ4n) is 3.85. The maximum Gasteiger partial charge on any atom is 0.294 e. The van der Waals surface area contributed by atoms with Gasteiger partial charge in [-0.2, -0.15) is 0 Å². The Balaban J connectivity index is 1.30. The number of hydrogen-bond donors (Lipinski definition) is 1. The van der Waals surface area contributed by atoms with Gasteiger partial charge in [-0.25, -0.2) is 13.8 Å². The standard InChI is InChI=1S/C22H18F2N4O3/c23-15-6-5-13(11-16(15)24)22(30)28-9-7-27(8-10-28)12-18-25-19-14-3-1-2-4-17(14)31-20(19)21(29)26-18/h1-6,11H,7-10,12H2,(H,25,26,29). The SMILES string of the molecule is O=C(c1ccc(F)c(F)c1)N1CCN(Cc2nc3c(oc4ccccc43)c(=O)[nH]2)CC1. The fourth-order valence-corrected chi connectivity index (χ4v) is 3.85. The molecule has 1 amide bonds. The third kappa shape index (κ3) is 3.57. The van der Waals surface area contributed by atoms with E-state index in [0.29, 0.717) is 49.6 Å². The van der Waals surface area contributed by atoms with E-state index in [1.165, 1.54) is 6.07 Å². The highest BCUT2D eigenvalue weighted by Gasteiger charge is 2.24. The lowest BCUT2D eigenvalue weighted by atomic mass is 10.1. The van der Waals surface area contributed by atoms with Gasteiger partial charge in [0.05, 0.1) is 6.54 Å². The second-order valence-electron chi connectivity index (χ2n) is 7.49. The van der Waals surface area contributed by atoms with Gasteiger partial charge in [0.1, 0.15) is 16.9 Å². The summed E-state index contributed by atoms with van der Waals surface area (Å²) in [5, 5.41) is 0.784. The molecule has 1 N–H and O–H groups in total. The number of H-pyrrole nitrogens is 1. The number of carbonyl (C=O) groups is 1. The minimum Gasteiger partial charge on any atom is -0.449 e. The predicted molar refractivity (Wildman–Crippen MR) is 110 cm³/mol. The molecule has 0 saturated carbocycles. The highest BCUT2D eigenvalue weighted by Crippen LogP contribution is 2.24. The smallest absolute Gasteiger partial charge is 0.294 e. The summed E-state index contributed by atoms with van der Waals surface area (Å²) in [5.74, 6) is -1.84. The van der Waals surface area contributed by atoms with Crippen LogP contribution in [0.25, 0.3) is 22.1 Å². The lowest BCUT2D eigenvalue weighted by molar-refractivity contribution is 0.0625. The molecule has 3 heterocycles. The van der Waals surface area contributed by atoms with Crippen molar-refractivity contribution < 1.29 is 18.0 Å². The maximum atomic E-state index is 13.4. The second kappa shape index (κ2) is 7.59. The summed E-state index contributed by atoms with van der Waals surface area (Å²) in [4.78, 5) is 36.0. The number of halogens is 2. The van der Waals surface area contributed by atoms with Crippen LogP contribution in [-0.2, 0) is 6.54 Å². The number of fused-ring (bicyclic) bond motifs is 3. The molecule has 1 saturated heterocycles. The van der Waals surface area contributed by atoms with Gasteiger partial charge in [0.15, 0.2) is 11.6 Å². The van der Waals surface area contributed by atoms with Gasteiger partial charge in [-0.05, 0) is 30.3 Å². The van der Waals surface area contributed by atoms with E-state index in [4.69, 9.17) is 4.42 Å². The van der Waals surface area contributed by atoms with Crippen molar-refractivity contribution in [2.24, 2.45) is 0 Å². The Morgan fingerprint density at radius 1 is 1.06 bits per heavy atom. The van der Waals surface area contributed by atoms with Crippen molar-refractivity contribution >= 4 is 28.0 Å². The molecule has 0 atom stereocenters. The summed E-state index contributed by atoms with van der Waals surface area (Å²) in [6.45, 7) is 2.39. The number of benzene rings is 2. The monoisotopic (exact) mass is 424 g/mol. The van der Waals surface area contributed by atoms with Crippen LogP contribution in [0, 0.1) is 11.6 Å². The van der Waals surface area contributed by atoms with E-state index in [0.717, 1.165) is 17.5 Å². The zero-order chi connectivity index (χ0) is 21.5. The molecular formula is C22H18F2N4O3. The van der Waals surface area contributed by atoms with Crippen molar-refractivity contribution in [1.29, 1.82) is 0 Å². The topological polar surface area (TPSA) is 82.4 Å². The van der Waals surface area contributed by atoms with Crippen molar-refractivity contribution in [3.63, 3.8) is 0 Å². The average molecular weight is 424 g/mol. The Hall–Kier alpha value is -3.59. The largest absolute Gasteiger partial charge is 0.449 e. The van der Waals surface area contributed by atoms with E-state index in [-0.39, 0.29) is 22.6 Å². The van der Waals surface area contributed by atoms with Crippen molar-refractivity contribution in [3.8, 4) is 0 Å². The number of aromatic amines is 1. The number of rotatable bonds is 3. The number of nitrogens with zero attached hydrogens (tertiary/aromatic N) is 3. The van der Waals surface area contributed by atoms with Gasteiger partial charge in [-0.15, -0.1) is 0 Å². The van der Waals surface area contributed by atoms with Gasteiger partial charge in [0.2, 0.25) is 5.58 Å². The minimum atomic E-state index is -1.04. The van der Waals surface area contributed by atoms with Crippen LogP contribution in [-0.4, -0.2) is 51.9 Å². The van der Waals surface area contributed by atoms with E-state index in [2.05, 4.69) is 14.9 Å². The van der Waals surface area contributed by atoms with E-state index in [9.17, 15) is 18.4 Å². The molecule has 2 aromatic heterocycles. The van der Waals surface area contributed by atoms with Gasteiger partial charge in [-0.1, -0.05) is 12.1 Å². The van der Waals surface area contributed by atoms with E-state index in [1.807, 2.05) is 18.2 Å². The van der Waals surface area contributed by atoms with Crippen molar-refractivity contribution in [1.82, 2.24) is 19.8 Å². The number of para-hydroxylation sites is 1. The lowest BCUT2D eigenvalue weighted by Crippen LogP contribution is -2.48. The Morgan fingerprint density at radius 2 is 1.84 bits per heavy atom. The molecule has 158 valence electrons. The Bertz CT molecular complexity index is 1360. The summed E-state index contributed by atoms with van der Waals surface area (Å²) in [5.41, 5.74) is 1.13. The van der Waals surface area contributed by atoms with Gasteiger partial charge in [0.25, 0.3) is 11.5 Å². The molecule has 0 bridgehead atoms. The molecule has 7 nitrogen and oxygen atoms in total. The fraction of sp³-hybridized carbons (Fsp3) is 0.227. The number of hydrogen-bond acceptors (Lipinski definition) is 5. The Labute approximate surface area is 174 Å². The van der Waals surface area contributed by atoms with Gasteiger partial charge >= 0.3 is 0 Å². The van der Waals surface area contributed by atoms with Crippen LogP contribution in [0.15, 0.2) is 51.7 Å². The normalized spacial score (nSPS) is 15.1. The molecule has 0 radical (unpaired) electrons. The van der Waals surface area contributed by atoms with Crippen LogP contribution >= 0.6 is 0 Å². The zero-order valence-electron chi connectivity index (χ0n) is 16.4. The summed E-state index contributed by atoms with van der Waals surface area (Å²) >= 11 is 0. The zero-order valence-corrected chi connectivity index (χ0v) is 16.4. The van der Waals surface area contributed by atoms with Crippen LogP contribution in [0.3, 0.4) is 0 Å². The van der Waals surface area contributed by atoms with Gasteiger partial charge in [-0.3, -0.25) is 14.5 Å². The van der Waals surface area contributed by atoms with Crippen LogP contribution in [0.1, 0.15) is 16.2 Å². The summed E-state index contributed by atoms with van der Waals surface area (Å²) in [7, 11) is 0. The lowest BCUT2D eigenvalue weighted by Gasteiger charge is -2.34. The third-order valence-electron chi connectivity index (χ3n) is 5.48. The van der Waals surface area contributed by atoms with E-state index < -0.39 is 11.6 Å². The molecule has 31 heavy (non-hydrogen) atoms. The molecule has 4 aromatic rings. The van der Waals surface area contributed by atoms with E-state index in [1.54, 1.807) is 11.0 Å². The van der Waals surface area contributed by atoms with Crippen LogP contribution in [0.2, 0.25) is 0 Å². The van der Waals surface area contributed by atoms with Crippen LogP contribution < -0.4 is 5.56 Å². The van der Waals surface area contributed by atoms with Gasteiger partial charge in [0, 0.05) is 37.1 Å². The first-order chi connectivity index (χ1) is 15.0. The Morgan fingerprint density at radius 3 is 2.61 bits per heavy atom. The van der Waals surface area contributed by atoms with Crippen LogP contribution in [0.5, 0.6) is 0 Å². The predicted octanol–water partition coefficient (Wildman–Crippen LogP) is 2.91. The van der Waals surface area contributed by atoms with Crippen molar-refractivity contribution in [2.75, 3.05) is 26.2 Å². The third-order valence-corrected chi connectivity index (χ3v) is 5.48. The number of furan rings is 1. The number of amides is 1. The first-order valence-electron chi connectivity index (χ1n) is 9.87. The molecule has 0 aliphatic carbocycles. The number of nitrogens with one attached hydrogen (secondary N) is 1. The van der Waals surface area contributed by atoms with Crippen molar-refractivity contribution in [3.05, 3.63) is 75.8 Å². The molecule has 2 aromatic carbocycles. The molecule has 9 heteroatoms. The highest BCUT2D eigenvalue weighted by atomic mass is 19.2. The molecule has 1 aliphatic heterocycles. The molecular weight excluding hydrogens is 406 g/mol. The second-order valence-corrected chi connectivity index (χ2v) is 7.49. The highest BCUT2D eigenvalue weighted by molar-refractivity contribution is 6.01. The summed E-state index contributed by atoms with van der Waals surface area (Å²) < 4.78 is 32.2. The molecule has 5 rings (SSSR count). The van der Waals surface area contributed by atoms with Crippen LogP contribution in [0.4, 0.5) is 8.78 Å². The molecule has 1 fully saturated rings. The molecule has 0 spiro atoms. The summed E-state index contributed by atoms with van der Waals surface area (Å²) in [6.07, 6.45) is 0. The molecule has 1 aliphatic rings. The number of aromatic nitrogens is 2. The van der Waals surface area contributed by atoms with E-state index >= 15 is 0 Å². The molecule has 0 unspecified atom stereocenters. The average Bonchev–Trinajstić information content (AvgIpc) is 3.15. The van der Waals surface area contributed by atoms with Crippen molar-refractivity contribution in [2.45, 2.75) is 6.54 Å². The number of piperazine rings is 1. The van der Waals surface area contributed by atoms with Gasteiger partial charge < -0.3 is 14.3 Å². The Kier molecular flexibility index (Phi) is 4.74. The quantitative estimate of drug-likeness (QED) is 0.547. The number of carbonyl (C=O) groups excluding carboxylic acids is 1. The minimum absolute atomic E-state index is 0.121. The first-order valence-corrected chi connectivity index (χ1v) is 9.87. The summed E-state index contributed by atoms with van der Waals surface area (Å²) in [6, 6.07) is 10.5.